The van der Waals surface area contributed by atoms with E-state index in [0.717, 1.165) is 10.6 Å². The minimum Gasteiger partial charge on any atom is -0.334 e. The van der Waals surface area contributed by atoms with Crippen molar-refractivity contribution in [3.63, 3.8) is 0 Å². The van der Waals surface area contributed by atoms with Crippen molar-refractivity contribution >= 4 is 29.3 Å². The highest BCUT2D eigenvalue weighted by Crippen LogP contribution is 2.35. The van der Waals surface area contributed by atoms with Crippen LogP contribution in [0.5, 0.6) is 0 Å². The summed E-state index contributed by atoms with van der Waals surface area (Å²) in [6.07, 6.45) is 1.43. The monoisotopic (exact) mass is 273 g/mol. The second kappa shape index (κ2) is 4.28. The summed E-state index contributed by atoms with van der Waals surface area (Å²) in [5.41, 5.74) is 0.595. The van der Waals surface area contributed by atoms with Gasteiger partial charge in [0.1, 0.15) is 5.54 Å². The lowest BCUT2D eigenvalue weighted by atomic mass is 10.1. The van der Waals surface area contributed by atoms with Crippen LogP contribution in [0.3, 0.4) is 0 Å². The van der Waals surface area contributed by atoms with Gasteiger partial charge in [0.25, 0.3) is 5.91 Å². The highest BCUT2D eigenvalue weighted by atomic mass is 32.2. The molecule has 0 atom stereocenters. The minimum atomic E-state index is -0.658. The van der Waals surface area contributed by atoms with Crippen LogP contribution in [0.25, 0.3) is 0 Å². The number of hydrogen-bond acceptors (Lipinski definition) is 4. The van der Waals surface area contributed by atoms with Crippen molar-refractivity contribution in [2.75, 3.05) is 11.1 Å². The molecule has 0 unspecified atom stereocenters. The van der Waals surface area contributed by atoms with Crippen molar-refractivity contribution < 1.29 is 9.59 Å². The van der Waals surface area contributed by atoms with Crippen LogP contribution in [-0.2, 0) is 4.79 Å². The van der Waals surface area contributed by atoms with E-state index in [-0.39, 0.29) is 11.8 Å². The molecule has 0 spiro atoms. The zero-order valence-electron chi connectivity index (χ0n) is 10.0. The summed E-state index contributed by atoms with van der Waals surface area (Å²) >= 11 is 1.41. The number of nitrogens with one attached hydrogen (secondary N) is 2. The highest BCUT2D eigenvalue weighted by molar-refractivity contribution is 8.00. The van der Waals surface area contributed by atoms with Gasteiger partial charge in [-0.05, 0) is 31.0 Å². The zero-order valence-corrected chi connectivity index (χ0v) is 10.8. The number of hydrogen-bond donors (Lipinski definition) is 2. The quantitative estimate of drug-likeness (QED) is 0.856. The van der Waals surface area contributed by atoms with E-state index in [1.54, 1.807) is 18.2 Å². The molecule has 1 saturated carbocycles. The Hall–Kier alpha value is -2.00. The highest BCUT2D eigenvalue weighted by Gasteiger charge is 2.44. The molecule has 1 aliphatic carbocycles. The Morgan fingerprint density at radius 3 is 2.95 bits per heavy atom. The van der Waals surface area contributed by atoms with Crippen molar-refractivity contribution in [3.05, 3.63) is 23.8 Å². The molecule has 2 aliphatic rings. The molecule has 1 fully saturated rings. The van der Waals surface area contributed by atoms with Crippen LogP contribution in [-0.4, -0.2) is 23.1 Å². The summed E-state index contributed by atoms with van der Waals surface area (Å²) in [7, 11) is 0. The van der Waals surface area contributed by atoms with E-state index in [1.807, 2.05) is 0 Å². The number of nitrogens with zero attached hydrogens (tertiary/aromatic N) is 1. The first-order valence-corrected chi connectivity index (χ1v) is 6.91. The van der Waals surface area contributed by atoms with E-state index in [4.69, 9.17) is 5.26 Å². The van der Waals surface area contributed by atoms with Crippen LogP contribution in [0.15, 0.2) is 23.1 Å². The standard InChI is InChI=1S/C13H11N3O2S/c14-7-13(3-4-13)16-12(18)8-1-2-9-10(5-8)19-6-11(17)15-9/h1-2,5H,3-4,6H2,(H,15,17)(H,16,18). The maximum atomic E-state index is 12.1. The molecule has 1 aromatic carbocycles. The van der Waals surface area contributed by atoms with Crippen LogP contribution in [0.1, 0.15) is 23.2 Å². The molecule has 0 aromatic heterocycles. The third kappa shape index (κ3) is 2.29. The van der Waals surface area contributed by atoms with Crippen molar-refractivity contribution in [3.8, 4) is 6.07 Å². The Labute approximate surface area is 114 Å². The Morgan fingerprint density at radius 1 is 1.47 bits per heavy atom. The molecule has 0 saturated heterocycles. The molecular weight excluding hydrogens is 262 g/mol. The summed E-state index contributed by atoms with van der Waals surface area (Å²) < 4.78 is 0. The van der Waals surface area contributed by atoms with E-state index >= 15 is 0 Å². The van der Waals surface area contributed by atoms with Crippen molar-refractivity contribution in [2.24, 2.45) is 0 Å². The molecule has 19 heavy (non-hydrogen) atoms. The molecule has 2 N–H and O–H groups in total. The van der Waals surface area contributed by atoms with Crippen LogP contribution < -0.4 is 10.6 Å². The van der Waals surface area contributed by atoms with Gasteiger partial charge in [-0.25, -0.2) is 0 Å². The summed E-state index contributed by atoms with van der Waals surface area (Å²) in [5.74, 6) is 0.0932. The fourth-order valence-electron chi connectivity index (χ4n) is 1.90. The van der Waals surface area contributed by atoms with Crippen molar-refractivity contribution in [2.45, 2.75) is 23.3 Å². The minimum absolute atomic E-state index is 0.0314. The number of carbonyl (C=O) groups excluding carboxylic acids is 2. The van der Waals surface area contributed by atoms with Gasteiger partial charge >= 0.3 is 0 Å². The number of amides is 2. The first-order valence-electron chi connectivity index (χ1n) is 5.92. The molecule has 1 aromatic rings. The van der Waals surface area contributed by atoms with Crippen LogP contribution in [0.4, 0.5) is 5.69 Å². The Bertz CT molecular complexity index is 617. The summed E-state index contributed by atoms with van der Waals surface area (Å²) in [4.78, 5) is 24.2. The summed E-state index contributed by atoms with van der Waals surface area (Å²) in [6.45, 7) is 0. The van der Waals surface area contributed by atoms with Crippen LogP contribution >= 0.6 is 11.8 Å². The molecule has 1 heterocycles. The number of nitriles is 1. The third-order valence-electron chi connectivity index (χ3n) is 3.19. The average Bonchev–Trinajstić information content (AvgIpc) is 3.18. The molecule has 2 amide bonds. The van der Waals surface area contributed by atoms with E-state index in [0.29, 0.717) is 24.2 Å². The number of anilines is 1. The predicted octanol–water partition coefficient (Wildman–Crippen LogP) is 1.52. The number of carbonyl (C=O) groups is 2. The van der Waals surface area contributed by atoms with Gasteiger partial charge in [0.2, 0.25) is 5.91 Å². The molecule has 1 aliphatic heterocycles. The number of fused-ring (bicyclic) bond motifs is 1. The van der Waals surface area contributed by atoms with Gasteiger partial charge in [-0.3, -0.25) is 9.59 Å². The van der Waals surface area contributed by atoms with Crippen molar-refractivity contribution in [1.29, 1.82) is 5.26 Å². The van der Waals surface area contributed by atoms with Crippen LogP contribution in [0, 0.1) is 11.3 Å². The molecule has 6 heteroatoms. The first kappa shape index (κ1) is 12.1. The Kier molecular flexibility index (Phi) is 2.72. The largest absolute Gasteiger partial charge is 0.334 e. The smallest absolute Gasteiger partial charge is 0.252 e. The first-order chi connectivity index (χ1) is 9.12. The molecule has 5 nitrogen and oxygen atoms in total. The van der Waals surface area contributed by atoms with E-state index < -0.39 is 5.54 Å². The van der Waals surface area contributed by atoms with Gasteiger partial charge in [-0.15, -0.1) is 11.8 Å². The topological polar surface area (TPSA) is 82.0 Å². The van der Waals surface area contributed by atoms with Gasteiger partial charge < -0.3 is 10.6 Å². The SMILES string of the molecule is N#CC1(NC(=O)c2ccc3c(c2)SCC(=O)N3)CC1. The van der Waals surface area contributed by atoms with Gasteiger partial charge in [-0.2, -0.15) is 5.26 Å². The Morgan fingerprint density at radius 2 is 2.26 bits per heavy atom. The number of rotatable bonds is 2. The molecular formula is C13H11N3O2S. The lowest BCUT2D eigenvalue weighted by Gasteiger charge is -2.17. The zero-order chi connectivity index (χ0) is 13.5. The second-order valence-electron chi connectivity index (χ2n) is 4.70. The fraction of sp³-hybridized carbons (Fsp3) is 0.308. The normalized spacial score (nSPS) is 18.8. The van der Waals surface area contributed by atoms with Gasteiger partial charge in [0, 0.05) is 10.5 Å². The lowest BCUT2D eigenvalue weighted by molar-refractivity contribution is -0.113. The van der Waals surface area contributed by atoms with Crippen molar-refractivity contribution in [1.82, 2.24) is 5.32 Å². The van der Waals surface area contributed by atoms with Gasteiger partial charge in [0.05, 0.1) is 17.5 Å². The lowest BCUT2D eigenvalue weighted by Crippen LogP contribution is -2.35. The van der Waals surface area contributed by atoms with E-state index in [9.17, 15) is 9.59 Å². The maximum Gasteiger partial charge on any atom is 0.252 e. The number of benzene rings is 1. The van der Waals surface area contributed by atoms with Gasteiger partial charge in [0.15, 0.2) is 0 Å². The Balaban J connectivity index is 1.81. The predicted molar refractivity (Wildman–Crippen MR) is 70.8 cm³/mol. The summed E-state index contributed by atoms with van der Waals surface area (Å²) in [6, 6.07) is 7.26. The molecule has 0 bridgehead atoms. The average molecular weight is 273 g/mol. The number of thioether (sulfide) groups is 1. The van der Waals surface area contributed by atoms with Crippen LogP contribution in [0.2, 0.25) is 0 Å². The van der Waals surface area contributed by atoms with Gasteiger partial charge in [-0.1, -0.05) is 0 Å². The van der Waals surface area contributed by atoms with E-state index in [2.05, 4.69) is 16.7 Å². The maximum absolute atomic E-state index is 12.1. The molecule has 96 valence electrons. The fourth-order valence-corrected chi connectivity index (χ4v) is 2.74. The molecule has 3 rings (SSSR count). The second-order valence-corrected chi connectivity index (χ2v) is 5.71. The van der Waals surface area contributed by atoms with E-state index in [1.165, 1.54) is 11.8 Å². The molecule has 0 radical (unpaired) electrons. The summed E-state index contributed by atoms with van der Waals surface area (Å²) in [5, 5.41) is 14.5. The third-order valence-corrected chi connectivity index (χ3v) is 4.25.